The zero-order chi connectivity index (χ0) is 22.5. The van der Waals surface area contributed by atoms with E-state index in [-0.39, 0.29) is 5.76 Å². The van der Waals surface area contributed by atoms with E-state index in [0.29, 0.717) is 23.4 Å². The van der Waals surface area contributed by atoms with E-state index in [1.54, 1.807) is 36.4 Å². The van der Waals surface area contributed by atoms with Gasteiger partial charge in [0, 0.05) is 34.7 Å². The fraction of sp³-hybridized carbons (Fsp3) is 0.125. The number of rotatable bonds is 4. The van der Waals surface area contributed by atoms with Crippen LogP contribution < -0.4 is 20.5 Å². The second kappa shape index (κ2) is 7.22. The molecule has 162 valence electrons. The molecule has 0 fully saturated rings. The van der Waals surface area contributed by atoms with E-state index in [0.717, 1.165) is 22.4 Å². The molecule has 32 heavy (non-hydrogen) atoms. The first-order valence-electron chi connectivity index (χ1n) is 10.1. The summed E-state index contributed by atoms with van der Waals surface area (Å²) in [6, 6.07) is 16.2. The van der Waals surface area contributed by atoms with Crippen LogP contribution in [0.1, 0.15) is 10.4 Å². The molecule has 0 radical (unpaired) electrons. The summed E-state index contributed by atoms with van der Waals surface area (Å²) in [7, 11) is -3.77. The predicted octanol–water partition coefficient (Wildman–Crippen LogP) is 0.846. The van der Waals surface area contributed by atoms with Crippen molar-refractivity contribution in [1.29, 1.82) is 0 Å². The van der Waals surface area contributed by atoms with Crippen LogP contribution in [-0.2, 0) is 10.0 Å². The van der Waals surface area contributed by atoms with Crippen molar-refractivity contribution in [2.45, 2.75) is 5.66 Å². The number of sulfonamides is 1. The average Bonchev–Trinajstić information content (AvgIpc) is 3.23. The molecule has 2 heterocycles. The van der Waals surface area contributed by atoms with Gasteiger partial charge < -0.3 is 15.3 Å². The number of nitrogens with one attached hydrogen (secondary N) is 2. The van der Waals surface area contributed by atoms with Gasteiger partial charge in [0.25, 0.3) is 5.91 Å². The van der Waals surface area contributed by atoms with Gasteiger partial charge in [-0.05, 0) is 29.5 Å². The highest BCUT2D eigenvalue weighted by Gasteiger charge is 2.40. The topological polar surface area (TPSA) is 98.7 Å². The number of carbonyl (C=O) groups excluding carboxylic acids is 1. The summed E-state index contributed by atoms with van der Waals surface area (Å²) in [5.41, 5.74) is 0.880. The molecule has 1 unspecified atom stereocenters. The monoisotopic (exact) mass is 447 g/mol. The summed E-state index contributed by atoms with van der Waals surface area (Å²) in [5.74, 6) is -0.600. The van der Waals surface area contributed by atoms with Crippen molar-refractivity contribution in [3.8, 4) is 0 Å². The van der Waals surface area contributed by atoms with Crippen LogP contribution in [0.4, 0.5) is 0 Å². The van der Waals surface area contributed by atoms with Gasteiger partial charge in [0.1, 0.15) is 11.4 Å². The molecule has 1 amide bonds. The number of nitrogens with zero attached hydrogens (tertiary/aromatic N) is 1. The second-order valence-corrected chi connectivity index (χ2v) is 9.69. The summed E-state index contributed by atoms with van der Waals surface area (Å²) in [6.07, 6.45) is 7.99. The van der Waals surface area contributed by atoms with Gasteiger partial charge in [0.15, 0.2) is 0 Å². The third-order valence-corrected chi connectivity index (χ3v) is 6.28. The normalized spacial score (nSPS) is 21.3. The van der Waals surface area contributed by atoms with Crippen LogP contribution >= 0.6 is 0 Å². The molecule has 1 aliphatic carbocycles. The lowest BCUT2D eigenvalue weighted by molar-refractivity contribution is 0.0926. The first-order valence-corrected chi connectivity index (χ1v) is 12.0. The van der Waals surface area contributed by atoms with Crippen molar-refractivity contribution in [2.24, 2.45) is 0 Å². The number of carbonyl (C=O) groups is 1. The van der Waals surface area contributed by atoms with Crippen LogP contribution in [0.5, 0.6) is 0 Å². The Kier molecular flexibility index (Phi) is 4.58. The molecular formula is C24H21N3O4S. The van der Waals surface area contributed by atoms with E-state index in [1.165, 1.54) is 6.08 Å². The van der Waals surface area contributed by atoms with Crippen molar-refractivity contribution < 1.29 is 18.3 Å². The zero-order valence-corrected chi connectivity index (χ0v) is 18.1. The lowest BCUT2D eigenvalue weighted by Gasteiger charge is -2.38. The van der Waals surface area contributed by atoms with Crippen LogP contribution in [0, 0.1) is 0 Å². The maximum Gasteiger partial charge on any atom is 0.253 e. The van der Waals surface area contributed by atoms with E-state index in [9.17, 15) is 18.3 Å². The Bertz CT molecular complexity index is 1460. The number of aliphatic hydroxyl groups excluding tert-OH is 1. The Morgan fingerprint density at radius 2 is 1.72 bits per heavy atom. The van der Waals surface area contributed by atoms with Crippen LogP contribution in [0.2, 0.25) is 0 Å². The minimum atomic E-state index is -3.77. The molecule has 3 N–H and O–H groups in total. The number of hydrogen-bond donors (Lipinski definition) is 3. The number of hydrogen-bond acceptors (Lipinski definition) is 5. The van der Waals surface area contributed by atoms with Crippen LogP contribution in [0.3, 0.4) is 0 Å². The Hall–Kier alpha value is -3.62. The Morgan fingerprint density at radius 1 is 1.03 bits per heavy atom. The zero-order valence-electron chi connectivity index (χ0n) is 17.2. The Balaban J connectivity index is 1.71. The number of amides is 1. The Morgan fingerprint density at radius 3 is 2.44 bits per heavy atom. The molecule has 3 aliphatic rings. The lowest BCUT2D eigenvalue weighted by Crippen LogP contribution is -2.60. The van der Waals surface area contributed by atoms with Gasteiger partial charge in [-0.3, -0.25) is 4.79 Å². The minimum Gasteiger partial charge on any atom is -0.507 e. The molecule has 0 spiro atoms. The predicted molar refractivity (Wildman–Crippen MR) is 122 cm³/mol. The summed E-state index contributed by atoms with van der Waals surface area (Å²) in [6.45, 7) is 0.563. The highest BCUT2D eigenvalue weighted by molar-refractivity contribution is 7.88. The molecule has 7 nitrogen and oxygen atoms in total. The van der Waals surface area contributed by atoms with Crippen molar-refractivity contribution >= 4 is 27.2 Å². The first-order chi connectivity index (χ1) is 15.3. The van der Waals surface area contributed by atoms with E-state index in [4.69, 9.17) is 0 Å². The van der Waals surface area contributed by atoms with Crippen molar-refractivity contribution in [3.63, 3.8) is 0 Å². The van der Waals surface area contributed by atoms with Crippen LogP contribution in [-0.4, -0.2) is 42.8 Å². The smallest absolute Gasteiger partial charge is 0.253 e. The minimum absolute atomic E-state index is 0.120. The molecule has 1 atom stereocenters. The first kappa shape index (κ1) is 20.3. The molecule has 5 rings (SSSR count). The maximum atomic E-state index is 13.0. The maximum absolute atomic E-state index is 13.0. The van der Waals surface area contributed by atoms with Gasteiger partial charge in [-0.15, -0.1) is 0 Å². The molecule has 0 bridgehead atoms. The standard InChI is InChI=1S/C24H21N3O4S/c1-32(30,31)26-24(25-23(29)16-8-3-2-4-9-16)14-20-22(21(28)15-24)18-11-6-5-10-17(18)19-12-7-13-27(19)20/h2-12,14-15,26,28H,13H2,1H3,(H,25,29). The number of benzene rings is 2. The molecule has 8 heteroatoms. The molecule has 2 aliphatic heterocycles. The molecule has 2 aromatic rings. The largest absolute Gasteiger partial charge is 0.507 e. The van der Waals surface area contributed by atoms with Crippen molar-refractivity contribution in [3.05, 3.63) is 106 Å². The Labute approximate surface area is 185 Å². The summed E-state index contributed by atoms with van der Waals surface area (Å²) < 4.78 is 27.0. The van der Waals surface area contributed by atoms with E-state index in [2.05, 4.69) is 10.0 Å². The van der Waals surface area contributed by atoms with E-state index < -0.39 is 21.6 Å². The fourth-order valence-electron chi connectivity index (χ4n) is 4.40. The highest BCUT2D eigenvalue weighted by atomic mass is 32.2. The highest BCUT2D eigenvalue weighted by Crippen LogP contribution is 2.36. The molecule has 0 aromatic heterocycles. The average molecular weight is 448 g/mol. The van der Waals surface area contributed by atoms with Crippen LogP contribution in [0.15, 0.2) is 90.4 Å². The number of aliphatic hydroxyl groups is 1. The summed E-state index contributed by atoms with van der Waals surface area (Å²) in [4.78, 5) is 15.0. The van der Waals surface area contributed by atoms with Gasteiger partial charge in [0.2, 0.25) is 10.0 Å². The summed E-state index contributed by atoms with van der Waals surface area (Å²) in [5, 5.41) is 15.7. The van der Waals surface area contributed by atoms with Gasteiger partial charge in [-0.2, -0.15) is 4.72 Å². The van der Waals surface area contributed by atoms with Crippen LogP contribution in [0.25, 0.3) is 11.3 Å². The molecule has 0 saturated heterocycles. The van der Waals surface area contributed by atoms with E-state index in [1.807, 2.05) is 41.3 Å². The molecular weight excluding hydrogens is 426 g/mol. The second-order valence-electron chi connectivity index (χ2n) is 7.94. The van der Waals surface area contributed by atoms with Gasteiger partial charge in [-0.1, -0.05) is 48.5 Å². The van der Waals surface area contributed by atoms with Crippen molar-refractivity contribution in [2.75, 3.05) is 12.8 Å². The quantitative estimate of drug-likeness (QED) is 0.604. The molecule has 2 aromatic carbocycles. The van der Waals surface area contributed by atoms with Crippen molar-refractivity contribution in [1.82, 2.24) is 14.9 Å². The molecule has 0 saturated carbocycles. The number of fused-ring (bicyclic) bond motifs is 4. The SMILES string of the molecule is CS(=O)(=O)NC1(NC(=O)c2ccccc2)C=C(O)C2=c3ccccc3=C3C=CCN3C2=C1. The van der Waals surface area contributed by atoms with Gasteiger partial charge in [0.05, 0.1) is 12.0 Å². The van der Waals surface area contributed by atoms with Gasteiger partial charge >= 0.3 is 0 Å². The van der Waals surface area contributed by atoms with E-state index >= 15 is 0 Å². The lowest BCUT2D eigenvalue weighted by atomic mass is 9.90. The van der Waals surface area contributed by atoms with Gasteiger partial charge in [-0.25, -0.2) is 8.42 Å². The summed E-state index contributed by atoms with van der Waals surface area (Å²) >= 11 is 0. The third kappa shape index (κ3) is 3.43. The third-order valence-electron chi connectivity index (χ3n) is 5.57. The fourth-order valence-corrected chi connectivity index (χ4v) is 5.18.